The Bertz CT molecular complexity index is 515. The third kappa shape index (κ3) is 1.58. The third-order valence-electron chi connectivity index (χ3n) is 1.97. The summed E-state index contributed by atoms with van der Waals surface area (Å²) in [4.78, 5) is 13.5. The summed E-state index contributed by atoms with van der Waals surface area (Å²) >= 11 is 0. The summed E-state index contributed by atoms with van der Waals surface area (Å²) in [6, 6.07) is 6.27. The standard InChI is InChI=1S/C9H5F3N2O/c10-9(11,12)8(15)14-5-13-6-3-1-2-4-7(6)14/h1-5H/p+1. The first kappa shape index (κ1) is 9.70. The molecule has 0 unspecified atom stereocenters. The van der Waals surface area contributed by atoms with Gasteiger partial charge in [-0.05, 0) is 12.1 Å². The second-order valence-electron chi connectivity index (χ2n) is 2.96. The minimum atomic E-state index is -4.87. The van der Waals surface area contributed by atoms with E-state index in [2.05, 4.69) is 4.98 Å². The van der Waals surface area contributed by atoms with Gasteiger partial charge in [0.15, 0.2) is 11.0 Å². The molecule has 15 heavy (non-hydrogen) atoms. The van der Waals surface area contributed by atoms with Crippen LogP contribution < -0.4 is 4.98 Å². The van der Waals surface area contributed by atoms with Gasteiger partial charge in [-0.3, -0.25) is 0 Å². The smallest absolute Gasteiger partial charge is 0.243 e. The van der Waals surface area contributed by atoms with Crippen molar-refractivity contribution in [3.8, 4) is 0 Å². The minimum Gasteiger partial charge on any atom is -0.243 e. The predicted molar refractivity (Wildman–Crippen MR) is 45.2 cm³/mol. The van der Waals surface area contributed by atoms with Crippen molar-refractivity contribution >= 4 is 16.9 Å². The zero-order chi connectivity index (χ0) is 11.1. The average molecular weight is 215 g/mol. The van der Waals surface area contributed by atoms with E-state index in [0.29, 0.717) is 10.1 Å². The van der Waals surface area contributed by atoms with Gasteiger partial charge in [0, 0.05) is 0 Å². The Balaban J connectivity index is 2.58. The van der Waals surface area contributed by atoms with E-state index in [-0.39, 0.29) is 5.52 Å². The van der Waals surface area contributed by atoms with Crippen LogP contribution in [0.15, 0.2) is 30.6 Å². The lowest BCUT2D eigenvalue weighted by Crippen LogP contribution is -2.28. The molecule has 2 rings (SSSR count). The van der Waals surface area contributed by atoms with Crippen molar-refractivity contribution in [2.45, 2.75) is 6.18 Å². The number of rotatable bonds is 0. The number of hydrogen-bond donors (Lipinski definition) is 0. The van der Waals surface area contributed by atoms with Crippen molar-refractivity contribution in [3.63, 3.8) is 0 Å². The van der Waals surface area contributed by atoms with E-state index in [1.807, 2.05) is 0 Å². The van der Waals surface area contributed by atoms with Gasteiger partial charge in [-0.15, -0.1) is 0 Å². The minimum absolute atomic E-state index is 0.208. The van der Waals surface area contributed by atoms with Crippen LogP contribution in [-0.2, 0) is 0 Å². The number of H-pyrrole nitrogens is 1. The van der Waals surface area contributed by atoms with Crippen molar-refractivity contribution in [1.82, 2.24) is 4.57 Å². The fourth-order valence-electron chi connectivity index (χ4n) is 1.31. The molecular weight excluding hydrogens is 209 g/mol. The Hall–Kier alpha value is -1.85. The number of carbonyl (C=O) groups is 1. The number of nitrogens with zero attached hydrogens (tertiary/aromatic N) is 1. The number of aromatic nitrogens is 2. The molecule has 1 heterocycles. The highest BCUT2D eigenvalue weighted by Gasteiger charge is 2.45. The Morgan fingerprint density at radius 2 is 1.93 bits per heavy atom. The van der Waals surface area contributed by atoms with Crippen molar-refractivity contribution in [2.75, 3.05) is 0 Å². The molecule has 0 saturated heterocycles. The van der Waals surface area contributed by atoms with Gasteiger partial charge < -0.3 is 0 Å². The number of fused-ring (bicyclic) bond motifs is 1. The van der Waals surface area contributed by atoms with Gasteiger partial charge in [-0.25, -0.2) is 9.78 Å². The monoisotopic (exact) mass is 215 g/mol. The van der Waals surface area contributed by atoms with E-state index in [1.54, 1.807) is 18.2 Å². The number of benzene rings is 1. The quantitative estimate of drug-likeness (QED) is 0.658. The van der Waals surface area contributed by atoms with Gasteiger partial charge in [0.1, 0.15) is 0 Å². The molecule has 2 aromatic rings. The molecule has 0 fully saturated rings. The SMILES string of the molecule is O=C(n1c[nH+]c2ccccc21)C(F)(F)F. The molecule has 0 aliphatic rings. The normalized spacial score (nSPS) is 11.9. The molecule has 0 aliphatic heterocycles. The van der Waals surface area contributed by atoms with Crippen LogP contribution in [0.5, 0.6) is 0 Å². The van der Waals surface area contributed by atoms with E-state index in [4.69, 9.17) is 0 Å². The number of halogens is 3. The highest BCUT2D eigenvalue weighted by molar-refractivity contribution is 5.91. The van der Waals surface area contributed by atoms with Crippen molar-refractivity contribution in [3.05, 3.63) is 30.6 Å². The third-order valence-corrected chi connectivity index (χ3v) is 1.97. The van der Waals surface area contributed by atoms with Crippen LogP contribution in [0.4, 0.5) is 13.2 Å². The topological polar surface area (TPSA) is 36.1 Å². The summed E-state index contributed by atoms with van der Waals surface area (Å²) in [5, 5.41) is 0. The Labute approximate surface area is 82.1 Å². The fraction of sp³-hybridized carbons (Fsp3) is 0.111. The maximum absolute atomic E-state index is 12.2. The van der Waals surface area contributed by atoms with Crippen LogP contribution in [0.2, 0.25) is 0 Å². The highest BCUT2D eigenvalue weighted by Crippen LogP contribution is 2.20. The van der Waals surface area contributed by atoms with Gasteiger partial charge in [0.2, 0.25) is 6.33 Å². The Kier molecular flexibility index (Phi) is 1.99. The summed E-state index contributed by atoms with van der Waals surface area (Å²) < 4.78 is 37.0. The van der Waals surface area contributed by atoms with Gasteiger partial charge in [0.05, 0.1) is 0 Å². The number of imidazole rings is 1. The number of carbonyl (C=O) groups excluding carboxylic acids is 1. The maximum atomic E-state index is 12.2. The number of nitrogens with one attached hydrogen (secondary N) is 1. The second kappa shape index (κ2) is 3.08. The van der Waals surface area contributed by atoms with E-state index >= 15 is 0 Å². The maximum Gasteiger partial charge on any atom is 0.495 e. The molecule has 0 saturated carbocycles. The summed E-state index contributed by atoms with van der Waals surface area (Å²) in [7, 11) is 0. The van der Waals surface area contributed by atoms with Gasteiger partial charge >= 0.3 is 12.1 Å². The van der Waals surface area contributed by atoms with Crippen LogP contribution in [0.25, 0.3) is 11.0 Å². The van der Waals surface area contributed by atoms with Crippen molar-refractivity contribution in [2.24, 2.45) is 0 Å². The lowest BCUT2D eigenvalue weighted by Gasteiger charge is -1.99. The molecule has 6 heteroatoms. The van der Waals surface area contributed by atoms with Crippen LogP contribution in [0, 0.1) is 0 Å². The van der Waals surface area contributed by atoms with Crippen LogP contribution in [0.3, 0.4) is 0 Å². The van der Waals surface area contributed by atoms with Gasteiger partial charge in [-0.1, -0.05) is 12.1 Å². The summed E-state index contributed by atoms with van der Waals surface area (Å²) in [6.45, 7) is 0. The predicted octanol–water partition coefficient (Wildman–Crippen LogP) is 1.66. The van der Waals surface area contributed by atoms with E-state index in [1.165, 1.54) is 6.07 Å². The Morgan fingerprint density at radius 1 is 1.27 bits per heavy atom. The van der Waals surface area contributed by atoms with Crippen LogP contribution >= 0.6 is 0 Å². The van der Waals surface area contributed by atoms with Gasteiger partial charge in [0.25, 0.3) is 0 Å². The molecule has 0 radical (unpaired) electrons. The van der Waals surface area contributed by atoms with E-state index < -0.39 is 12.1 Å². The number of para-hydroxylation sites is 2. The van der Waals surface area contributed by atoms with Crippen LogP contribution in [0.1, 0.15) is 4.79 Å². The molecule has 0 bridgehead atoms. The summed E-state index contributed by atoms with van der Waals surface area (Å²) in [5.74, 6) is -1.90. The first-order valence-electron chi connectivity index (χ1n) is 4.09. The second-order valence-corrected chi connectivity index (χ2v) is 2.96. The van der Waals surface area contributed by atoms with Crippen molar-refractivity contribution in [1.29, 1.82) is 0 Å². The number of aromatic amines is 1. The average Bonchev–Trinajstić information content (AvgIpc) is 2.58. The number of hydrogen-bond acceptors (Lipinski definition) is 1. The summed E-state index contributed by atoms with van der Waals surface area (Å²) in [5.41, 5.74) is 0.690. The molecule has 1 aromatic carbocycles. The zero-order valence-electron chi connectivity index (χ0n) is 7.38. The van der Waals surface area contributed by atoms with E-state index in [0.717, 1.165) is 6.33 Å². The fourth-order valence-corrected chi connectivity index (χ4v) is 1.31. The molecular formula is C9H6F3N2O+. The molecule has 78 valence electrons. The highest BCUT2D eigenvalue weighted by atomic mass is 19.4. The lowest BCUT2D eigenvalue weighted by atomic mass is 10.3. The molecule has 0 aliphatic carbocycles. The molecule has 3 nitrogen and oxygen atoms in total. The molecule has 0 spiro atoms. The van der Waals surface area contributed by atoms with Crippen LogP contribution in [-0.4, -0.2) is 16.7 Å². The largest absolute Gasteiger partial charge is 0.495 e. The number of alkyl halides is 3. The zero-order valence-corrected chi connectivity index (χ0v) is 7.38. The first-order valence-corrected chi connectivity index (χ1v) is 4.09. The molecule has 1 aromatic heterocycles. The van der Waals surface area contributed by atoms with E-state index in [9.17, 15) is 18.0 Å². The first-order chi connectivity index (χ1) is 7.00. The lowest BCUT2D eigenvalue weighted by molar-refractivity contribution is -0.345. The Morgan fingerprint density at radius 3 is 2.60 bits per heavy atom. The van der Waals surface area contributed by atoms with Crippen molar-refractivity contribution < 1.29 is 22.9 Å². The molecule has 0 amide bonds. The summed E-state index contributed by atoms with van der Waals surface area (Å²) in [6.07, 6.45) is -3.86. The molecule has 1 N–H and O–H groups in total. The molecule has 0 atom stereocenters. The van der Waals surface area contributed by atoms with Gasteiger partial charge in [-0.2, -0.15) is 17.7 Å².